The molecule has 0 aliphatic carbocycles. The van der Waals surface area contributed by atoms with Crippen molar-refractivity contribution in [3.63, 3.8) is 0 Å². The second kappa shape index (κ2) is 5.70. The largest absolute Gasteiger partial charge is 0.455 e. The van der Waals surface area contributed by atoms with Crippen molar-refractivity contribution in [1.29, 1.82) is 0 Å². The number of hydrogen-bond donors (Lipinski definition) is 2. The van der Waals surface area contributed by atoms with Crippen LogP contribution in [0.5, 0.6) is 0 Å². The first-order valence-corrected chi connectivity index (χ1v) is 4.86. The molecule has 1 rings (SSSR count). The molecule has 0 saturated carbocycles. The van der Waals surface area contributed by atoms with Gasteiger partial charge < -0.3 is 14.9 Å². The summed E-state index contributed by atoms with van der Waals surface area (Å²) in [7, 11) is 0. The normalized spacial score (nSPS) is 14.2. The average molecular weight is 246 g/mol. The predicted molar refractivity (Wildman–Crippen MR) is 54.0 cm³/mol. The fraction of sp³-hybridized carbons (Fsp3) is 0.364. The lowest BCUT2D eigenvalue weighted by Crippen LogP contribution is -2.27. The van der Waals surface area contributed by atoms with Crippen molar-refractivity contribution < 1.29 is 28.5 Å². The van der Waals surface area contributed by atoms with E-state index in [9.17, 15) is 18.7 Å². The van der Waals surface area contributed by atoms with E-state index in [4.69, 9.17) is 9.84 Å². The van der Waals surface area contributed by atoms with Crippen molar-refractivity contribution in [3.8, 4) is 0 Å². The summed E-state index contributed by atoms with van der Waals surface area (Å²) in [6, 6.07) is 2.63. The van der Waals surface area contributed by atoms with E-state index in [2.05, 4.69) is 0 Å². The molecule has 0 aliphatic rings. The number of ether oxygens (including phenoxy) is 1. The first kappa shape index (κ1) is 13.5. The molecule has 0 aromatic heterocycles. The fourth-order valence-electron chi connectivity index (χ4n) is 1.36. The highest BCUT2D eigenvalue weighted by Gasteiger charge is 2.26. The second-order valence-corrected chi connectivity index (χ2v) is 3.45. The molecule has 0 heterocycles. The Bertz CT molecular complexity index is 408. The zero-order valence-corrected chi connectivity index (χ0v) is 9.06. The van der Waals surface area contributed by atoms with Crippen LogP contribution in [0.15, 0.2) is 18.2 Å². The lowest BCUT2D eigenvalue weighted by atomic mass is 10.0. The Balaban J connectivity index is 3.07. The minimum absolute atomic E-state index is 0.192. The number of hydrogen-bond acceptors (Lipinski definition) is 4. The molecule has 2 N–H and O–H groups in total. The smallest absolute Gasteiger partial charge is 0.303 e. The van der Waals surface area contributed by atoms with E-state index in [0.717, 1.165) is 19.1 Å². The number of carbonyl (C=O) groups excluding carboxylic acids is 1. The fourth-order valence-corrected chi connectivity index (χ4v) is 1.36. The van der Waals surface area contributed by atoms with Gasteiger partial charge in [0.25, 0.3) is 0 Å². The number of aliphatic hydroxyl groups is 2. The average Bonchev–Trinajstić information content (AvgIpc) is 2.25. The van der Waals surface area contributed by atoms with Crippen molar-refractivity contribution in [1.82, 2.24) is 0 Å². The molecule has 4 nitrogen and oxygen atoms in total. The Hall–Kier alpha value is -1.53. The maximum absolute atomic E-state index is 13.4. The summed E-state index contributed by atoms with van der Waals surface area (Å²) in [5.74, 6) is -2.48. The van der Waals surface area contributed by atoms with E-state index in [-0.39, 0.29) is 5.56 Å². The number of benzene rings is 1. The maximum Gasteiger partial charge on any atom is 0.303 e. The van der Waals surface area contributed by atoms with Gasteiger partial charge in [0, 0.05) is 18.6 Å². The molecular formula is C11H12F2O4. The summed E-state index contributed by atoms with van der Waals surface area (Å²) >= 11 is 0. The van der Waals surface area contributed by atoms with Gasteiger partial charge in [-0.25, -0.2) is 8.78 Å². The molecule has 17 heavy (non-hydrogen) atoms. The SMILES string of the molecule is CC(=O)OC(c1ccc(F)cc1F)C(O)CO. The number of carbonyl (C=O) groups is 1. The monoisotopic (exact) mass is 246 g/mol. The summed E-state index contributed by atoms with van der Waals surface area (Å²) in [5.41, 5.74) is -0.192. The number of halogens is 2. The minimum Gasteiger partial charge on any atom is -0.455 e. The highest BCUT2D eigenvalue weighted by atomic mass is 19.1. The van der Waals surface area contributed by atoms with Crippen LogP contribution >= 0.6 is 0 Å². The maximum atomic E-state index is 13.4. The van der Waals surface area contributed by atoms with Gasteiger partial charge in [-0.15, -0.1) is 0 Å². The third kappa shape index (κ3) is 3.47. The van der Waals surface area contributed by atoms with Gasteiger partial charge in [-0.3, -0.25) is 4.79 Å². The lowest BCUT2D eigenvalue weighted by Gasteiger charge is -2.21. The van der Waals surface area contributed by atoms with Crippen molar-refractivity contribution in [3.05, 3.63) is 35.4 Å². The molecule has 1 aromatic rings. The van der Waals surface area contributed by atoms with Crippen LogP contribution in [0.4, 0.5) is 8.78 Å². The van der Waals surface area contributed by atoms with Gasteiger partial charge in [0.15, 0.2) is 6.10 Å². The summed E-state index contributed by atoms with van der Waals surface area (Å²) < 4.78 is 30.8. The molecular weight excluding hydrogens is 234 g/mol. The molecule has 6 heteroatoms. The van der Waals surface area contributed by atoms with Crippen LogP contribution in [0.2, 0.25) is 0 Å². The van der Waals surface area contributed by atoms with E-state index in [1.807, 2.05) is 0 Å². The van der Waals surface area contributed by atoms with Gasteiger partial charge in [-0.1, -0.05) is 0 Å². The number of esters is 1. The molecule has 0 bridgehead atoms. The molecule has 2 unspecified atom stereocenters. The molecule has 1 aromatic carbocycles. The molecule has 0 radical (unpaired) electrons. The first-order valence-electron chi connectivity index (χ1n) is 4.86. The summed E-state index contributed by atoms with van der Waals surface area (Å²) in [5, 5.41) is 18.2. The highest BCUT2D eigenvalue weighted by molar-refractivity contribution is 5.66. The third-order valence-corrected chi connectivity index (χ3v) is 2.10. The highest BCUT2D eigenvalue weighted by Crippen LogP contribution is 2.25. The number of rotatable bonds is 4. The third-order valence-electron chi connectivity index (χ3n) is 2.10. The van der Waals surface area contributed by atoms with Gasteiger partial charge in [0.1, 0.15) is 17.7 Å². The van der Waals surface area contributed by atoms with Crippen LogP contribution < -0.4 is 0 Å². The van der Waals surface area contributed by atoms with Gasteiger partial charge >= 0.3 is 5.97 Å². The van der Waals surface area contributed by atoms with Crippen LogP contribution in [0.25, 0.3) is 0 Å². The van der Waals surface area contributed by atoms with Crippen LogP contribution in [-0.4, -0.2) is 28.9 Å². The predicted octanol–water partition coefficient (Wildman–Crippen LogP) is 0.922. The summed E-state index contributed by atoms with van der Waals surface area (Å²) in [4.78, 5) is 10.8. The van der Waals surface area contributed by atoms with Crippen LogP contribution in [0, 0.1) is 11.6 Å². The molecule has 0 aliphatic heterocycles. The van der Waals surface area contributed by atoms with E-state index < -0.39 is 36.4 Å². The summed E-state index contributed by atoms with van der Waals surface area (Å²) in [6.07, 6.45) is -2.84. The minimum atomic E-state index is -1.47. The van der Waals surface area contributed by atoms with E-state index >= 15 is 0 Å². The van der Waals surface area contributed by atoms with E-state index in [1.165, 1.54) is 0 Å². The molecule has 0 fully saturated rings. The van der Waals surface area contributed by atoms with Gasteiger partial charge in [0.05, 0.1) is 6.61 Å². The van der Waals surface area contributed by atoms with Crippen molar-refractivity contribution >= 4 is 5.97 Å². The van der Waals surface area contributed by atoms with Crippen LogP contribution in [0.3, 0.4) is 0 Å². The topological polar surface area (TPSA) is 66.8 Å². The molecule has 0 spiro atoms. The van der Waals surface area contributed by atoms with Crippen LogP contribution in [-0.2, 0) is 9.53 Å². The van der Waals surface area contributed by atoms with E-state index in [1.54, 1.807) is 0 Å². The van der Waals surface area contributed by atoms with Crippen LogP contribution in [0.1, 0.15) is 18.6 Å². The Kier molecular flexibility index (Phi) is 4.53. The first-order chi connectivity index (χ1) is 7.95. The van der Waals surface area contributed by atoms with Gasteiger partial charge in [-0.05, 0) is 12.1 Å². The number of aliphatic hydroxyl groups excluding tert-OH is 2. The second-order valence-electron chi connectivity index (χ2n) is 3.45. The molecule has 0 saturated heterocycles. The van der Waals surface area contributed by atoms with Gasteiger partial charge in [-0.2, -0.15) is 0 Å². The van der Waals surface area contributed by atoms with Crippen molar-refractivity contribution in [2.24, 2.45) is 0 Å². The van der Waals surface area contributed by atoms with Crippen molar-refractivity contribution in [2.45, 2.75) is 19.1 Å². The molecule has 94 valence electrons. The zero-order chi connectivity index (χ0) is 13.0. The van der Waals surface area contributed by atoms with Gasteiger partial charge in [0.2, 0.25) is 0 Å². The molecule has 2 atom stereocenters. The lowest BCUT2D eigenvalue weighted by molar-refractivity contribution is -0.154. The Morgan fingerprint density at radius 3 is 2.59 bits per heavy atom. The Morgan fingerprint density at radius 2 is 2.12 bits per heavy atom. The zero-order valence-electron chi connectivity index (χ0n) is 9.06. The van der Waals surface area contributed by atoms with Crippen molar-refractivity contribution in [2.75, 3.05) is 6.61 Å². The quantitative estimate of drug-likeness (QED) is 0.775. The van der Waals surface area contributed by atoms with E-state index in [0.29, 0.717) is 6.07 Å². The standard InChI is InChI=1S/C11H12F2O4/c1-6(15)17-11(10(16)5-14)8-3-2-7(12)4-9(8)13/h2-4,10-11,14,16H,5H2,1H3. The Labute approximate surface area is 96.5 Å². The molecule has 0 amide bonds. The Morgan fingerprint density at radius 1 is 1.47 bits per heavy atom. The summed E-state index contributed by atoms with van der Waals surface area (Å²) in [6.45, 7) is 0.368.